The Balaban J connectivity index is 2.87. The molecule has 3 atom stereocenters. The van der Waals surface area contributed by atoms with Crippen molar-refractivity contribution in [1.82, 2.24) is 10.2 Å². The topological polar surface area (TPSA) is 92.5 Å². The van der Waals surface area contributed by atoms with Gasteiger partial charge < -0.3 is 10.6 Å². The Hall–Kier alpha value is -1.43. The summed E-state index contributed by atoms with van der Waals surface area (Å²) < 4.78 is 0. The molecule has 1 fully saturated rings. The third-order valence-electron chi connectivity index (χ3n) is 3.47. The van der Waals surface area contributed by atoms with Crippen molar-refractivity contribution < 1.29 is 14.4 Å². The second kappa shape index (κ2) is 5.95. The summed E-state index contributed by atoms with van der Waals surface area (Å²) in [6, 6.07) is -1.26. The summed E-state index contributed by atoms with van der Waals surface area (Å²) in [6.07, 6.45) is 1.25. The fraction of sp³-hybridized carbons (Fsp3) is 0.750. The van der Waals surface area contributed by atoms with E-state index in [-0.39, 0.29) is 18.4 Å². The average molecular weight is 255 g/mol. The molecule has 18 heavy (non-hydrogen) atoms. The Morgan fingerprint density at radius 1 is 1.50 bits per heavy atom. The maximum absolute atomic E-state index is 12.2. The molecular weight excluding hydrogens is 234 g/mol. The van der Waals surface area contributed by atoms with Crippen LogP contribution in [0.5, 0.6) is 0 Å². The molecule has 3 unspecified atom stereocenters. The lowest BCUT2D eigenvalue weighted by Gasteiger charge is -2.35. The molecule has 3 amide bonds. The van der Waals surface area contributed by atoms with E-state index in [2.05, 4.69) is 5.32 Å². The van der Waals surface area contributed by atoms with Gasteiger partial charge in [-0.2, -0.15) is 0 Å². The molecule has 1 saturated heterocycles. The molecule has 1 heterocycles. The Morgan fingerprint density at radius 2 is 2.11 bits per heavy atom. The summed E-state index contributed by atoms with van der Waals surface area (Å²) in [5.74, 6) is -1.16. The maximum atomic E-state index is 12.2. The van der Waals surface area contributed by atoms with Crippen LogP contribution in [0.4, 0.5) is 0 Å². The summed E-state index contributed by atoms with van der Waals surface area (Å²) in [6.45, 7) is 5.54. The highest BCUT2D eigenvalue weighted by Crippen LogP contribution is 2.14. The van der Waals surface area contributed by atoms with Gasteiger partial charge in [0.25, 0.3) is 0 Å². The van der Waals surface area contributed by atoms with Crippen LogP contribution >= 0.6 is 0 Å². The zero-order valence-corrected chi connectivity index (χ0v) is 11.1. The Labute approximate surface area is 107 Å². The number of imide groups is 1. The summed E-state index contributed by atoms with van der Waals surface area (Å²) in [4.78, 5) is 36.5. The van der Waals surface area contributed by atoms with E-state index in [9.17, 15) is 14.4 Å². The molecule has 0 aromatic rings. The minimum atomic E-state index is -0.664. The highest BCUT2D eigenvalue weighted by Gasteiger charge is 2.38. The highest BCUT2D eigenvalue weighted by atomic mass is 16.2. The number of nitrogens with one attached hydrogen (secondary N) is 1. The third-order valence-corrected chi connectivity index (χ3v) is 3.47. The first-order valence-electron chi connectivity index (χ1n) is 6.32. The van der Waals surface area contributed by atoms with Crippen LogP contribution in [0.25, 0.3) is 0 Å². The average Bonchev–Trinajstić information content (AvgIpc) is 2.35. The number of nitrogens with two attached hydrogens (primary N) is 1. The van der Waals surface area contributed by atoms with E-state index in [0.29, 0.717) is 6.42 Å². The maximum Gasteiger partial charge on any atom is 0.249 e. The largest absolute Gasteiger partial charge is 0.320 e. The van der Waals surface area contributed by atoms with Gasteiger partial charge in [0.05, 0.1) is 6.04 Å². The first-order chi connectivity index (χ1) is 8.42. The summed E-state index contributed by atoms with van der Waals surface area (Å²) in [5.41, 5.74) is 5.88. The molecule has 0 spiro atoms. The van der Waals surface area contributed by atoms with Crippen molar-refractivity contribution in [3.63, 3.8) is 0 Å². The van der Waals surface area contributed by atoms with Crippen LogP contribution < -0.4 is 11.1 Å². The number of hydrogen-bond donors (Lipinski definition) is 2. The molecular formula is C12H21N3O3. The van der Waals surface area contributed by atoms with Crippen molar-refractivity contribution in [2.75, 3.05) is 6.54 Å². The van der Waals surface area contributed by atoms with Gasteiger partial charge in [-0.3, -0.25) is 19.7 Å². The van der Waals surface area contributed by atoms with Crippen molar-refractivity contribution >= 4 is 17.7 Å². The quantitative estimate of drug-likeness (QED) is 0.670. The molecule has 6 nitrogen and oxygen atoms in total. The molecule has 102 valence electrons. The molecule has 6 heteroatoms. The molecule has 0 bridgehead atoms. The Bertz CT molecular complexity index is 356. The second-order valence-electron chi connectivity index (χ2n) is 4.71. The lowest BCUT2D eigenvalue weighted by molar-refractivity contribution is -0.151. The van der Waals surface area contributed by atoms with E-state index in [0.717, 1.165) is 6.42 Å². The van der Waals surface area contributed by atoms with Crippen molar-refractivity contribution in [2.45, 2.75) is 45.7 Å². The normalized spacial score (nSPS) is 23.6. The van der Waals surface area contributed by atoms with E-state index in [4.69, 9.17) is 5.73 Å². The lowest BCUT2D eigenvalue weighted by atomic mass is 9.97. The van der Waals surface area contributed by atoms with Gasteiger partial charge in [-0.15, -0.1) is 0 Å². The standard InChI is InChI=1S/C12H21N3O3/c1-4-7(3)10(13)12(18)15-6-9(16)14-11(17)8(15)5-2/h7-8,10H,4-6,13H2,1-3H3,(H,14,16,17). The number of amides is 3. The predicted molar refractivity (Wildman–Crippen MR) is 66.4 cm³/mol. The van der Waals surface area contributed by atoms with Crippen LogP contribution in [0.1, 0.15) is 33.6 Å². The van der Waals surface area contributed by atoms with Gasteiger partial charge >= 0.3 is 0 Å². The summed E-state index contributed by atoms with van der Waals surface area (Å²) in [5, 5.41) is 2.23. The van der Waals surface area contributed by atoms with Crippen LogP contribution in [0.15, 0.2) is 0 Å². The zero-order valence-electron chi connectivity index (χ0n) is 11.1. The van der Waals surface area contributed by atoms with Gasteiger partial charge in [0.2, 0.25) is 17.7 Å². The monoisotopic (exact) mass is 255 g/mol. The predicted octanol–water partition coefficient (Wildman–Crippen LogP) is -0.377. The molecule has 1 aliphatic rings. The second-order valence-corrected chi connectivity index (χ2v) is 4.71. The molecule has 1 aliphatic heterocycles. The number of carbonyl (C=O) groups excluding carboxylic acids is 3. The lowest BCUT2D eigenvalue weighted by Crippen LogP contribution is -2.62. The fourth-order valence-corrected chi connectivity index (χ4v) is 1.99. The van der Waals surface area contributed by atoms with Crippen molar-refractivity contribution in [3.05, 3.63) is 0 Å². The van der Waals surface area contributed by atoms with E-state index in [1.165, 1.54) is 4.90 Å². The third kappa shape index (κ3) is 2.87. The Morgan fingerprint density at radius 3 is 2.61 bits per heavy atom. The van der Waals surface area contributed by atoms with Gasteiger partial charge in [-0.05, 0) is 12.3 Å². The van der Waals surface area contributed by atoms with Crippen molar-refractivity contribution in [3.8, 4) is 0 Å². The van der Waals surface area contributed by atoms with Crippen LogP contribution in [0.3, 0.4) is 0 Å². The van der Waals surface area contributed by atoms with E-state index >= 15 is 0 Å². The van der Waals surface area contributed by atoms with E-state index in [1.54, 1.807) is 6.92 Å². The minimum Gasteiger partial charge on any atom is -0.320 e. The van der Waals surface area contributed by atoms with E-state index < -0.39 is 23.9 Å². The van der Waals surface area contributed by atoms with Crippen molar-refractivity contribution in [2.24, 2.45) is 11.7 Å². The number of piperazine rings is 1. The molecule has 0 radical (unpaired) electrons. The van der Waals surface area contributed by atoms with Crippen LogP contribution in [0, 0.1) is 5.92 Å². The van der Waals surface area contributed by atoms with Crippen LogP contribution in [-0.4, -0.2) is 41.2 Å². The molecule has 1 rings (SSSR count). The number of nitrogens with zero attached hydrogens (tertiary/aromatic N) is 1. The van der Waals surface area contributed by atoms with Gasteiger partial charge in [-0.25, -0.2) is 0 Å². The minimum absolute atomic E-state index is 0.0232. The number of hydrogen-bond acceptors (Lipinski definition) is 4. The fourth-order valence-electron chi connectivity index (χ4n) is 1.99. The SMILES string of the molecule is CCC(C)C(N)C(=O)N1CC(=O)NC(=O)C1CC. The van der Waals surface area contributed by atoms with Gasteiger partial charge in [0.15, 0.2) is 0 Å². The summed E-state index contributed by atoms with van der Waals surface area (Å²) in [7, 11) is 0. The van der Waals surface area contributed by atoms with Crippen LogP contribution in [0.2, 0.25) is 0 Å². The molecule has 0 aromatic heterocycles. The number of carbonyl (C=O) groups is 3. The smallest absolute Gasteiger partial charge is 0.249 e. The van der Waals surface area contributed by atoms with Gasteiger partial charge in [-0.1, -0.05) is 27.2 Å². The van der Waals surface area contributed by atoms with Gasteiger partial charge in [0.1, 0.15) is 12.6 Å². The first kappa shape index (κ1) is 14.6. The first-order valence-corrected chi connectivity index (χ1v) is 6.32. The van der Waals surface area contributed by atoms with Gasteiger partial charge in [0, 0.05) is 0 Å². The van der Waals surface area contributed by atoms with Crippen LogP contribution in [-0.2, 0) is 14.4 Å². The molecule has 0 aromatic carbocycles. The van der Waals surface area contributed by atoms with Crippen molar-refractivity contribution in [1.29, 1.82) is 0 Å². The molecule has 0 saturated carbocycles. The molecule has 3 N–H and O–H groups in total. The summed E-state index contributed by atoms with van der Waals surface area (Å²) >= 11 is 0. The zero-order chi connectivity index (χ0) is 13.9. The highest BCUT2D eigenvalue weighted by molar-refractivity contribution is 6.04. The van der Waals surface area contributed by atoms with E-state index in [1.807, 2.05) is 13.8 Å². The number of rotatable bonds is 4. The molecule has 0 aliphatic carbocycles. The Kier molecular flexibility index (Phi) is 4.84.